The zero-order valence-electron chi connectivity index (χ0n) is 13.3. The summed E-state index contributed by atoms with van der Waals surface area (Å²) in [7, 11) is 0. The van der Waals surface area contributed by atoms with Crippen LogP contribution in [-0.4, -0.2) is 21.2 Å². The molecule has 1 aromatic carbocycles. The highest BCUT2D eigenvalue weighted by atomic mass is 35.5. The van der Waals surface area contributed by atoms with Crippen molar-refractivity contribution < 1.29 is 14.7 Å². The zero-order chi connectivity index (χ0) is 19.2. The highest BCUT2D eigenvalue weighted by molar-refractivity contribution is 6.47. The van der Waals surface area contributed by atoms with Crippen molar-refractivity contribution in [2.45, 2.75) is 13.3 Å². The topological polar surface area (TPSA) is 59.3 Å². The average molecular weight is 431 g/mol. The normalized spacial score (nSPS) is 14.3. The summed E-state index contributed by atoms with van der Waals surface area (Å²) in [5, 5.41) is 10.5. The smallest absolute Gasteiger partial charge is 0.213 e. The number of halogens is 4. The van der Waals surface area contributed by atoms with Gasteiger partial charge in [0.25, 0.3) is 0 Å². The van der Waals surface area contributed by atoms with Crippen molar-refractivity contribution in [3.05, 3.63) is 67.4 Å². The van der Waals surface area contributed by atoms with Gasteiger partial charge in [0, 0.05) is 17.0 Å². The number of hydrogen-bond donors (Lipinski definition) is 1. The lowest BCUT2D eigenvalue weighted by atomic mass is 10.1. The molecular formula is C18H11Cl4NO3. The van der Waals surface area contributed by atoms with Crippen molar-refractivity contribution in [3.63, 3.8) is 0 Å². The Balaban J connectivity index is 2.28. The lowest BCUT2D eigenvalue weighted by Crippen LogP contribution is -2.12. The van der Waals surface area contributed by atoms with E-state index in [9.17, 15) is 14.7 Å². The summed E-state index contributed by atoms with van der Waals surface area (Å²) >= 11 is 24.8. The molecule has 3 rings (SSSR count). The van der Waals surface area contributed by atoms with Gasteiger partial charge in [0.2, 0.25) is 5.78 Å². The quantitative estimate of drug-likeness (QED) is 0.640. The number of carbonyl (C=O) groups is 2. The van der Waals surface area contributed by atoms with Gasteiger partial charge in [-0.25, -0.2) is 0 Å². The number of aromatic nitrogens is 1. The Kier molecular flexibility index (Phi) is 5.22. The fourth-order valence-corrected chi connectivity index (χ4v) is 3.65. The molecule has 0 spiro atoms. The number of rotatable bonds is 4. The van der Waals surface area contributed by atoms with Crippen LogP contribution in [0.1, 0.15) is 29.4 Å². The molecule has 26 heavy (non-hydrogen) atoms. The fraction of sp³-hybridized carbons (Fsp3) is 0.111. The third-order valence-corrected chi connectivity index (χ3v) is 5.58. The molecule has 0 fully saturated rings. The maximum absolute atomic E-state index is 13.0. The van der Waals surface area contributed by atoms with Gasteiger partial charge in [-0.3, -0.25) is 14.2 Å². The van der Waals surface area contributed by atoms with E-state index in [4.69, 9.17) is 46.4 Å². The molecule has 1 N–H and O–H groups in total. The van der Waals surface area contributed by atoms with E-state index in [1.54, 1.807) is 12.1 Å². The van der Waals surface area contributed by atoms with E-state index in [-0.39, 0.29) is 55.1 Å². The van der Waals surface area contributed by atoms with Crippen LogP contribution < -0.4 is 0 Å². The molecule has 0 aliphatic heterocycles. The van der Waals surface area contributed by atoms with Crippen LogP contribution in [0.15, 0.2) is 46.0 Å². The summed E-state index contributed by atoms with van der Waals surface area (Å²) < 4.78 is 1.30. The zero-order valence-corrected chi connectivity index (χ0v) is 16.3. The summed E-state index contributed by atoms with van der Waals surface area (Å²) in [6.45, 7) is 1.37. The first-order valence-electron chi connectivity index (χ1n) is 7.42. The van der Waals surface area contributed by atoms with Gasteiger partial charge < -0.3 is 5.11 Å². The minimum Gasteiger partial charge on any atom is -0.507 e. The van der Waals surface area contributed by atoms with E-state index < -0.39 is 5.78 Å². The molecule has 0 saturated heterocycles. The molecular weight excluding hydrogens is 420 g/mol. The molecule has 8 heteroatoms. The molecule has 0 unspecified atom stereocenters. The monoisotopic (exact) mass is 429 g/mol. The number of allylic oxidation sites excluding steroid dienone is 4. The van der Waals surface area contributed by atoms with Crippen molar-refractivity contribution in [2.24, 2.45) is 0 Å². The summed E-state index contributed by atoms with van der Waals surface area (Å²) in [4.78, 5) is 25.0. The van der Waals surface area contributed by atoms with Crippen LogP contribution in [0.5, 0.6) is 5.75 Å². The van der Waals surface area contributed by atoms with Crippen LogP contribution in [0.3, 0.4) is 0 Å². The van der Waals surface area contributed by atoms with Crippen LogP contribution in [0.25, 0.3) is 5.70 Å². The molecule has 2 aromatic rings. The maximum Gasteiger partial charge on any atom is 0.213 e. The van der Waals surface area contributed by atoms with Gasteiger partial charge in [0.05, 0.1) is 27.0 Å². The number of phenolic OH excluding ortho intramolecular Hbond substituents is 1. The lowest BCUT2D eigenvalue weighted by Gasteiger charge is -2.14. The van der Waals surface area contributed by atoms with Crippen molar-refractivity contribution >= 4 is 63.7 Å². The van der Waals surface area contributed by atoms with Gasteiger partial charge in [0.1, 0.15) is 10.9 Å². The Labute approximate surface area is 169 Å². The number of phenols is 1. The predicted octanol–water partition coefficient (Wildman–Crippen LogP) is 5.62. The fourth-order valence-electron chi connectivity index (χ4n) is 2.75. The van der Waals surface area contributed by atoms with E-state index >= 15 is 0 Å². The molecule has 1 heterocycles. The second kappa shape index (κ2) is 7.12. The van der Waals surface area contributed by atoms with E-state index in [2.05, 4.69) is 0 Å². The minimum absolute atomic E-state index is 0.0173. The second-order valence-electron chi connectivity index (χ2n) is 5.63. The number of aromatic hydroxyl groups is 1. The van der Waals surface area contributed by atoms with Gasteiger partial charge >= 0.3 is 0 Å². The summed E-state index contributed by atoms with van der Waals surface area (Å²) in [5.74, 6) is -0.972. The molecule has 1 aliphatic rings. The predicted molar refractivity (Wildman–Crippen MR) is 103 cm³/mol. The Morgan fingerprint density at radius 3 is 2.38 bits per heavy atom. The van der Waals surface area contributed by atoms with Gasteiger partial charge in [0.15, 0.2) is 5.78 Å². The first-order chi connectivity index (χ1) is 12.2. The van der Waals surface area contributed by atoms with Gasteiger partial charge in [-0.2, -0.15) is 0 Å². The highest BCUT2D eigenvalue weighted by Crippen LogP contribution is 2.44. The molecule has 0 atom stereocenters. The van der Waals surface area contributed by atoms with Crippen molar-refractivity contribution in [1.82, 2.24) is 4.57 Å². The molecule has 0 bridgehead atoms. The van der Waals surface area contributed by atoms with Crippen LogP contribution in [-0.2, 0) is 4.79 Å². The SMILES string of the molecule is CC(=O)C1=C(n2c(C(=O)c3ccccc3O)cc(Cl)c2Cl)C(Cl)=C(Cl)C1. The molecule has 1 aromatic heterocycles. The van der Waals surface area contributed by atoms with E-state index in [0.29, 0.717) is 5.57 Å². The van der Waals surface area contributed by atoms with Gasteiger partial charge in [-0.15, -0.1) is 0 Å². The molecule has 1 aliphatic carbocycles. The third-order valence-electron chi connectivity index (χ3n) is 3.99. The second-order valence-corrected chi connectivity index (χ2v) is 7.23. The first kappa shape index (κ1) is 19.1. The number of ketones is 2. The van der Waals surface area contributed by atoms with E-state index in [1.165, 1.54) is 29.7 Å². The summed E-state index contributed by atoms with van der Waals surface area (Å²) in [5.41, 5.74) is 0.661. The number of benzene rings is 1. The van der Waals surface area contributed by atoms with E-state index in [0.717, 1.165) is 0 Å². The third kappa shape index (κ3) is 3.08. The Hall–Kier alpha value is -1.72. The number of hydrogen-bond acceptors (Lipinski definition) is 3. The number of para-hydroxylation sites is 1. The minimum atomic E-state index is -0.528. The van der Waals surface area contributed by atoms with Gasteiger partial charge in [-0.05, 0) is 25.1 Å². The van der Waals surface area contributed by atoms with E-state index in [1.807, 2.05) is 0 Å². The van der Waals surface area contributed by atoms with Crippen LogP contribution in [0, 0.1) is 0 Å². The first-order valence-corrected chi connectivity index (χ1v) is 8.93. The Morgan fingerprint density at radius 2 is 1.77 bits per heavy atom. The lowest BCUT2D eigenvalue weighted by molar-refractivity contribution is -0.113. The molecule has 134 valence electrons. The summed E-state index contributed by atoms with van der Waals surface area (Å²) in [6, 6.07) is 7.43. The van der Waals surface area contributed by atoms with Crippen LogP contribution in [0.2, 0.25) is 10.2 Å². The van der Waals surface area contributed by atoms with Crippen molar-refractivity contribution in [3.8, 4) is 5.75 Å². The van der Waals surface area contributed by atoms with Crippen molar-refractivity contribution in [2.75, 3.05) is 0 Å². The Bertz CT molecular complexity index is 1020. The van der Waals surface area contributed by atoms with Crippen molar-refractivity contribution in [1.29, 1.82) is 0 Å². The summed E-state index contributed by atoms with van der Waals surface area (Å²) in [6.07, 6.45) is 0.140. The maximum atomic E-state index is 13.0. The standard InChI is InChI=1S/C18H11Cl4NO3/c1-8(24)10-6-11(19)15(21)16(10)23-13(7-12(20)18(23)22)17(26)9-4-2-3-5-14(9)25/h2-5,7,25H,6H2,1H3. The van der Waals surface area contributed by atoms with Crippen LogP contribution in [0.4, 0.5) is 0 Å². The largest absolute Gasteiger partial charge is 0.507 e. The molecule has 0 amide bonds. The molecule has 4 nitrogen and oxygen atoms in total. The average Bonchev–Trinajstić information content (AvgIpc) is 3.05. The molecule has 0 radical (unpaired) electrons. The number of carbonyl (C=O) groups excluding carboxylic acids is 2. The van der Waals surface area contributed by atoms with Crippen LogP contribution >= 0.6 is 46.4 Å². The number of nitrogens with zero attached hydrogens (tertiary/aromatic N) is 1. The van der Waals surface area contributed by atoms with Gasteiger partial charge in [-0.1, -0.05) is 58.5 Å². The Morgan fingerprint density at radius 1 is 1.12 bits per heavy atom. The number of Topliss-reactive ketones (excluding diaryl/α,β-unsaturated/α-hetero) is 1. The molecule has 0 saturated carbocycles. The highest BCUT2D eigenvalue weighted by Gasteiger charge is 2.32.